The lowest BCUT2D eigenvalue weighted by atomic mass is 10.1. The van der Waals surface area contributed by atoms with Gasteiger partial charge in [0.25, 0.3) is 5.91 Å². The zero-order valence-corrected chi connectivity index (χ0v) is 17.2. The molecule has 2 aliphatic rings. The molecule has 2 rings (SSSR count). The number of hydrogen-bond donors (Lipinski definition) is 1. The summed E-state index contributed by atoms with van der Waals surface area (Å²) < 4.78 is 5.18. The first-order valence-corrected chi connectivity index (χ1v) is 10.8. The van der Waals surface area contributed by atoms with Gasteiger partial charge in [0, 0.05) is 18.8 Å². The first-order chi connectivity index (χ1) is 12.6. The van der Waals surface area contributed by atoms with Crippen LogP contribution in [0.4, 0.5) is 0 Å². The van der Waals surface area contributed by atoms with Crippen LogP contribution in [0, 0.1) is 0 Å². The van der Waals surface area contributed by atoms with E-state index in [9.17, 15) is 9.59 Å². The third-order valence-corrected chi connectivity index (χ3v) is 6.13. The molecule has 5 nitrogen and oxygen atoms in total. The largest absolute Gasteiger partial charge is 0.463 e. The second-order valence-electron chi connectivity index (χ2n) is 6.80. The van der Waals surface area contributed by atoms with E-state index in [-0.39, 0.29) is 11.9 Å². The van der Waals surface area contributed by atoms with Gasteiger partial charge < -0.3 is 15.0 Å². The second kappa shape index (κ2) is 10.7. The van der Waals surface area contributed by atoms with Crippen molar-refractivity contribution in [2.24, 2.45) is 0 Å². The third-order valence-electron chi connectivity index (χ3n) is 4.79. The van der Waals surface area contributed by atoms with E-state index in [1.54, 1.807) is 0 Å². The molecule has 0 aliphatic carbocycles. The average Bonchev–Trinajstić information content (AvgIpc) is 2.98. The molecule has 0 bridgehead atoms. The molecule has 0 fully saturated rings. The highest BCUT2D eigenvalue weighted by molar-refractivity contribution is 8.07. The standard InChI is InChI=1S/C20H32N2O3S/c1-4-6-7-8-9-10-13-21-18(23)17-15(3)22-14-11-12-16(19(22)26-17)20(24)25-5-2/h4-14H2,1-3H3,(H,21,23). The normalized spacial score (nSPS) is 16.8. The molecule has 2 aliphatic heterocycles. The molecule has 0 aromatic rings. The topological polar surface area (TPSA) is 58.6 Å². The number of carbonyl (C=O) groups is 2. The molecule has 6 heteroatoms. The summed E-state index contributed by atoms with van der Waals surface area (Å²) in [6.45, 7) is 7.94. The molecule has 146 valence electrons. The number of rotatable bonds is 10. The van der Waals surface area contributed by atoms with E-state index in [1.165, 1.54) is 37.4 Å². The lowest BCUT2D eigenvalue weighted by Gasteiger charge is -2.27. The van der Waals surface area contributed by atoms with Gasteiger partial charge in [0.1, 0.15) is 0 Å². The van der Waals surface area contributed by atoms with Gasteiger partial charge in [-0.2, -0.15) is 0 Å². The van der Waals surface area contributed by atoms with Crippen LogP contribution in [-0.4, -0.2) is 36.5 Å². The predicted molar refractivity (Wildman–Crippen MR) is 106 cm³/mol. The van der Waals surface area contributed by atoms with Crippen molar-refractivity contribution in [3.05, 3.63) is 21.2 Å². The lowest BCUT2D eigenvalue weighted by Crippen LogP contribution is -2.27. The maximum absolute atomic E-state index is 12.6. The maximum Gasteiger partial charge on any atom is 0.336 e. The van der Waals surface area contributed by atoms with E-state index in [1.807, 2.05) is 13.8 Å². The van der Waals surface area contributed by atoms with Gasteiger partial charge in [-0.25, -0.2) is 4.79 Å². The van der Waals surface area contributed by atoms with Crippen LogP contribution < -0.4 is 5.32 Å². The number of ether oxygens (including phenoxy) is 1. The van der Waals surface area contributed by atoms with Crippen molar-refractivity contribution in [2.45, 2.75) is 72.1 Å². The molecular formula is C20H32N2O3S. The first-order valence-electron chi connectivity index (χ1n) is 9.94. The van der Waals surface area contributed by atoms with Crippen LogP contribution in [0.2, 0.25) is 0 Å². The van der Waals surface area contributed by atoms with E-state index in [4.69, 9.17) is 4.74 Å². The van der Waals surface area contributed by atoms with Crippen molar-refractivity contribution in [1.82, 2.24) is 10.2 Å². The number of nitrogens with one attached hydrogen (secondary N) is 1. The Morgan fingerprint density at radius 2 is 1.88 bits per heavy atom. The van der Waals surface area contributed by atoms with Gasteiger partial charge in [0.05, 0.1) is 22.1 Å². The van der Waals surface area contributed by atoms with Crippen LogP contribution in [0.5, 0.6) is 0 Å². The van der Waals surface area contributed by atoms with Gasteiger partial charge >= 0.3 is 5.97 Å². The maximum atomic E-state index is 12.6. The number of fused-ring (bicyclic) bond motifs is 1. The van der Waals surface area contributed by atoms with Crippen LogP contribution >= 0.6 is 11.8 Å². The van der Waals surface area contributed by atoms with Gasteiger partial charge in [-0.1, -0.05) is 50.8 Å². The van der Waals surface area contributed by atoms with Gasteiger partial charge in [-0.3, -0.25) is 4.79 Å². The quantitative estimate of drug-likeness (QED) is 0.452. The Kier molecular flexibility index (Phi) is 8.55. The Morgan fingerprint density at radius 1 is 1.15 bits per heavy atom. The molecule has 0 aromatic carbocycles. The fraction of sp³-hybridized carbons (Fsp3) is 0.700. The molecule has 0 saturated carbocycles. The zero-order valence-electron chi connectivity index (χ0n) is 16.4. The Bertz CT molecular complexity index is 584. The molecule has 0 unspecified atom stereocenters. The lowest BCUT2D eigenvalue weighted by molar-refractivity contribution is -0.138. The van der Waals surface area contributed by atoms with Crippen molar-refractivity contribution in [3.8, 4) is 0 Å². The summed E-state index contributed by atoms with van der Waals surface area (Å²) in [5.74, 6) is -0.271. The number of carbonyl (C=O) groups excluding carboxylic acids is 2. The second-order valence-corrected chi connectivity index (χ2v) is 7.80. The smallest absolute Gasteiger partial charge is 0.336 e. The molecular weight excluding hydrogens is 348 g/mol. The summed E-state index contributed by atoms with van der Waals surface area (Å²) in [7, 11) is 0. The highest BCUT2D eigenvalue weighted by Crippen LogP contribution is 2.45. The van der Waals surface area contributed by atoms with E-state index in [2.05, 4.69) is 17.1 Å². The fourth-order valence-corrected chi connectivity index (χ4v) is 4.58. The molecule has 2 heterocycles. The summed E-state index contributed by atoms with van der Waals surface area (Å²) in [5.41, 5.74) is 1.66. The Hall–Kier alpha value is -1.43. The number of amides is 1. The molecule has 0 aromatic heterocycles. The SMILES string of the molecule is CCCCCCCCNC(=O)C1=C(C)N2CCCC(C(=O)OCC)=C2S1. The van der Waals surface area contributed by atoms with Crippen LogP contribution in [0.3, 0.4) is 0 Å². The predicted octanol–water partition coefficient (Wildman–Crippen LogP) is 4.31. The van der Waals surface area contributed by atoms with Crippen molar-refractivity contribution < 1.29 is 14.3 Å². The summed E-state index contributed by atoms with van der Waals surface area (Å²) in [6, 6.07) is 0. The Labute approximate surface area is 161 Å². The van der Waals surface area contributed by atoms with E-state index < -0.39 is 0 Å². The van der Waals surface area contributed by atoms with Crippen molar-refractivity contribution in [2.75, 3.05) is 19.7 Å². The van der Waals surface area contributed by atoms with Crippen LogP contribution in [0.15, 0.2) is 21.2 Å². The minimum atomic E-state index is -0.249. The molecule has 0 radical (unpaired) electrons. The summed E-state index contributed by atoms with van der Waals surface area (Å²) in [5, 5.41) is 3.93. The summed E-state index contributed by atoms with van der Waals surface area (Å²) in [6.07, 6.45) is 8.88. The number of esters is 1. The van der Waals surface area contributed by atoms with E-state index in [0.717, 1.165) is 47.9 Å². The molecule has 0 saturated heterocycles. The Balaban J connectivity index is 1.90. The number of unbranched alkanes of at least 4 members (excludes halogenated alkanes) is 5. The van der Waals surface area contributed by atoms with Crippen molar-refractivity contribution in [3.63, 3.8) is 0 Å². The minimum Gasteiger partial charge on any atom is -0.463 e. The summed E-state index contributed by atoms with van der Waals surface area (Å²) in [4.78, 5) is 27.6. The zero-order chi connectivity index (χ0) is 18.9. The number of nitrogens with zero attached hydrogens (tertiary/aromatic N) is 1. The molecule has 0 spiro atoms. The van der Waals surface area contributed by atoms with Gasteiger partial charge in [-0.05, 0) is 33.1 Å². The van der Waals surface area contributed by atoms with Crippen LogP contribution in [-0.2, 0) is 14.3 Å². The monoisotopic (exact) mass is 380 g/mol. The first kappa shape index (κ1) is 20.9. The third kappa shape index (κ3) is 5.29. The van der Waals surface area contributed by atoms with E-state index >= 15 is 0 Å². The summed E-state index contributed by atoms with van der Waals surface area (Å²) >= 11 is 1.42. The minimum absolute atomic E-state index is 0.0221. The van der Waals surface area contributed by atoms with Gasteiger partial charge in [-0.15, -0.1) is 0 Å². The van der Waals surface area contributed by atoms with E-state index in [0.29, 0.717) is 18.7 Å². The van der Waals surface area contributed by atoms with Crippen molar-refractivity contribution >= 4 is 23.6 Å². The number of hydrogen-bond acceptors (Lipinski definition) is 5. The Morgan fingerprint density at radius 3 is 2.62 bits per heavy atom. The van der Waals surface area contributed by atoms with Gasteiger partial charge in [0.2, 0.25) is 0 Å². The fourth-order valence-electron chi connectivity index (χ4n) is 3.32. The van der Waals surface area contributed by atoms with Crippen LogP contribution in [0.1, 0.15) is 72.1 Å². The van der Waals surface area contributed by atoms with Gasteiger partial charge in [0.15, 0.2) is 0 Å². The van der Waals surface area contributed by atoms with Crippen molar-refractivity contribution in [1.29, 1.82) is 0 Å². The highest BCUT2D eigenvalue weighted by Gasteiger charge is 2.35. The molecule has 26 heavy (non-hydrogen) atoms. The van der Waals surface area contributed by atoms with Crippen LogP contribution in [0.25, 0.3) is 0 Å². The average molecular weight is 381 g/mol. The molecule has 1 N–H and O–H groups in total. The number of allylic oxidation sites excluding steroid dienone is 1. The molecule has 1 amide bonds. The molecule has 0 atom stereocenters. The number of thioether (sulfide) groups is 1. The highest BCUT2D eigenvalue weighted by atomic mass is 32.2.